The summed E-state index contributed by atoms with van der Waals surface area (Å²) in [5.41, 5.74) is 1.78. The van der Waals surface area contributed by atoms with Crippen molar-refractivity contribution >= 4 is 33.6 Å². The minimum absolute atomic E-state index is 0.0954. The van der Waals surface area contributed by atoms with E-state index in [0.717, 1.165) is 22.9 Å². The molecule has 1 aromatic carbocycles. The van der Waals surface area contributed by atoms with Gasteiger partial charge in [0, 0.05) is 33.8 Å². The van der Waals surface area contributed by atoms with Gasteiger partial charge in [-0.3, -0.25) is 9.59 Å². The first-order valence-electron chi connectivity index (χ1n) is 8.79. The summed E-state index contributed by atoms with van der Waals surface area (Å²) in [4.78, 5) is 30.6. The highest BCUT2D eigenvalue weighted by Crippen LogP contribution is 2.52. The van der Waals surface area contributed by atoms with Crippen molar-refractivity contribution in [2.75, 3.05) is 18.4 Å². The maximum Gasteiger partial charge on any atom is 0.254 e. The zero-order valence-corrected chi connectivity index (χ0v) is 16.6. The van der Waals surface area contributed by atoms with Crippen molar-refractivity contribution in [3.8, 4) is 6.07 Å². The molecule has 0 unspecified atom stereocenters. The Kier molecular flexibility index (Phi) is 4.42. The average Bonchev–Trinajstić information content (AvgIpc) is 3.44. The van der Waals surface area contributed by atoms with Crippen LogP contribution in [0, 0.1) is 24.1 Å². The van der Waals surface area contributed by atoms with Crippen LogP contribution in [0.5, 0.6) is 0 Å². The molecule has 1 saturated carbocycles. The third-order valence-corrected chi connectivity index (χ3v) is 5.89. The predicted molar refractivity (Wildman–Crippen MR) is 103 cm³/mol. The van der Waals surface area contributed by atoms with Crippen LogP contribution in [0.2, 0.25) is 0 Å². The van der Waals surface area contributed by atoms with Crippen molar-refractivity contribution < 1.29 is 14.0 Å². The number of rotatable bonds is 3. The van der Waals surface area contributed by atoms with E-state index in [1.54, 1.807) is 6.07 Å². The highest BCUT2D eigenvalue weighted by Gasteiger charge is 2.51. The van der Waals surface area contributed by atoms with E-state index >= 15 is 0 Å². The predicted octanol–water partition coefficient (Wildman–Crippen LogP) is 3.29. The van der Waals surface area contributed by atoms with E-state index in [4.69, 9.17) is 5.26 Å². The molecule has 1 fully saturated rings. The average molecular weight is 443 g/mol. The van der Waals surface area contributed by atoms with Crippen LogP contribution in [-0.4, -0.2) is 34.8 Å². The molecular weight excluding hydrogens is 427 g/mol. The Morgan fingerprint density at radius 1 is 1.46 bits per heavy atom. The third kappa shape index (κ3) is 3.06. The van der Waals surface area contributed by atoms with Crippen LogP contribution in [0.1, 0.15) is 39.9 Å². The second-order valence-electron chi connectivity index (χ2n) is 7.25. The molecule has 2 aromatic rings. The summed E-state index contributed by atoms with van der Waals surface area (Å²) in [6, 6.07) is 7.42. The maximum absolute atomic E-state index is 14.3. The van der Waals surface area contributed by atoms with Gasteiger partial charge in [0.1, 0.15) is 12.6 Å². The second-order valence-corrected chi connectivity index (χ2v) is 8.17. The van der Waals surface area contributed by atoms with E-state index in [9.17, 15) is 14.0 Å². The molecule has 1 aliphatic heterocycles. The largest absolute Gasteiger partial charge is 0.328 e. The molecule has 142 valence electrons. The molecule has 1 N–H and O–H groups in total. The van der Waals surface area contributed by atoms with Gasteiger partial charge in [-0.1, -0.05) is 15.9 Å². The number of fused-ring (bicyclic) bond motifs is 2. The lowest BCUT2D eigenvalue weighted by Crippen LogP contribution is -2.46. The summed E-state index contributed by atoms with van der Waals surface area (Å²) in [6.07, 6.45) is 3.15. The number of pyridine rings is 1. The van der Waals surface area contributed by atoms with Gasteiger partial charge in [-0.2, -0.15) is 5.26 Å². The smallest absolute Gasteiger partial charge is 0.254 e. The Morgan fingerprint density at radius 3 is 2.89 bits per heavy atom. The van der Waals surface area contributed by atoms with E-state index in [1.165, 1.54) is 18.0 Å². The Bertz CT molecular complexity index is 1060. The summed E-state index contributed by atoms with van der Waals surface area (Å²) in [6.45, 7) is 1.73. The molecule has 1 aliphatic carbocycles. The van der Waals surface area contributed by atoms with Crippen molar-refractivity contribution in [2.24, 2.45) is 0 Å². The van der Waals surface area contributed by atoms with E-state index in [-0.39, 0.29) is 34.8 Å². The lowest BCUT2D eigenvalue weighted by atomic mass is 9.86. The number of amides is 2. The van der Waals surface area contributed by atoms with Gasteiger partial charge in [-0.15, -0.1) is 0 Å². The van der Waals surface area contributed by atoms with Gasteiger partial charge in [-0.05, 0) is 43.5 Å². The fraction of sp³-hybridized carbons (Fsp3) is 0.300. The quantitative estimate of drug-likeness (QED) is 0.789. The molecular formula is C20H16BrFN4O2. The normalized spacial score (nSPS) is 16.5. The van der Waals surface area contributed by atoms with Crippen molar-refractivity contribution in [2.45, 2.75) is 25.2 Å². The van der Waals surface area contributed by atoms with Gasteiger partial charge in [0.05, 0.1) is 5.56 Å². The van der Waals surface area contributed by atoms with Crippen molar-refractivity contribution in [3.05, 3.63) is 56.9 Å². The standard InChI is InChI=1S/C20H16BrFN4O2/c1-11-12(7-23)8-24-18(17(11)22)25-16(27)9-26-10-20(4-5-20)15-6-13(21)2-3-14(15)19(26)28/h2-3,6,8H,4-5,9-10H2,1H3,(H,24,25,27). The molecule has 1 aromatic heterocycles. The van der Waals surface area contributed by atoms with Crippen LogP contribution < -0.4 is 5.32 Å². The zero-order chi connectivity index (χ0) is 20.1. The first kappa shape index (κ1) is 18.6. The molecule has 28 heavy (non-hydrogen) atoms. The molecule has 8 heteroatoms. The lowest BCUT2D eigenvalue weighted by molar-refractivity contribution is -0.117. The number of hydrogen-bond acceptors (Lipinski definition) is 4. The highest BCUT2D eigenvalue weighted by molar-refractivity contribution is 9.10. The number of nitriles is 1. The van der Waals surface area contributed by atoms with Crippen LogP contribution in [-0.2, 0) is 10.2 Å². The number of anilines is 1. The zero-order valence-electron chi connectivity index (χ0n) is 15.1. The molecule has 0 radical (unpaired) electrons. The highest BCUT2D eigenvalue weighted by atomic mass is 79.9. The van der Waals surface area contributed by atoms with Crippen molar-refractivity contribution in [1.29, 1.82) is 5.26 Å². The van der Waals surface area contributed by atoms with Gasteiger partial charge in [0.2, 0.25) is 5.91 Å². The number of carbonyl (C=O) groups is 2. The maximum atomic E-state index is 14.3. The first-order valence-corrected chi connectivity index (χ1v) is 9.58. The molecule has 2 aliphatic rings. The Hall–Kier alpha value is -2.79. The summed E-state index contributed by atoms with van der Waals surface area (Å²) >= 11 is 3.45. The first-order chi connectivity index (χ1) is 13.3. The molecule has 6 nitrogen and oxygen atoms in total. The number of benzene rings is 1. The number of nitrogens with one attached hydrogen (secondary N) is 1. The summed E-state index contributed by atoms with van der Waals surface area (Å²) in [7, 11) is 0. The SMILES string of the molecule is Cc1c(C#N)cnc(NC(=O)CN2CC3(CC3)c3cc(Br)ccc3C2=O)c1F. The van der Waals surface area contributed by atoms with Crippen LogP contribution in [0.4, 0.5) is 10.2 Å². The van der Waals surface area contributed by atoms with Gasteiger partial charge < -0.3 is 10.2 Å². The van der Waals surface area contributed by atoms with Gasteiger partial charge in [-0.25, -0.2) is 9.37 Å². The van der Waals surface area contributed by atoms with Crippen LogP contribution in [0.15, 0.2) is 28.9 Å². The van der Waals surface area contributed by atoms with E-state index in [0.29, 0.717) is 12.1 Å². The third-order valence-electron chi connectivity index (χ3n) is 5.39. The minimum Gasteiger partial charge on any atom is -0.328 e. The summed E-state index contributed by atoms with van der Waals surface area (Å²) in [5, 5.41) is 11.3. The number of aromatic nitrogens is 1. The Morgan fingerprint density at radius 2 is 2.21 bits per heavy atom. The van der Waals surface area contributed by atoms with E-state index < -0.39 is 11.7 Å². The number of nitrogens with zero attached hydrogens (tertiary/aromatic N) is 3. The molecule has 0 bridgehead atoms. The lowest BCUT2D eigenvalue weighted by Gasteiger charge is -2.34. The number of carbonyl (C=O) groups excluding carboxylic acids is 2. The fourth-order valence-electron chi connectivity index (χ4n) is 3.66. The van der Waals surface area contributed by atoms with Crippen molar-refractivity contribution in [1.82, 2.24) is 9.88 Å². The minimum atomic E-state index is -0.744. The van der Waals surface area contributed by atoms with Gasteiger partial charge >= 0.3 is 0 Å². The fourth-order valence-corrected chi connectivity index (χ4v) is 4.02. The number of hydrogen-bond donors (Lipinski definition) is 1. The van der Waals surface area contributed by atoms with E-state index in [2.05, 4.69) is 26.2 Å². The molecule has 2 amide bonds. The Balaban J connectivity index is 1.53. The summed E-state index contributed by atoms with van der Waals surface area (Å²) in [5.74, 6) is -1.72. The van der Waals surface area contributed by atoms with Crippen LogP contribution >= 0.6 is 15.9 Å². The summed E-state index contributed by atoms with van der Waals surface area (Å²) < 4.78 is 15.2. The van der Waals surface area contributed by atoms with Gasteiger partial charge in [0.25, 0.3) is 5.91 Å². The molecule has 2 heterocycles. The van der Waals surface area contributed by atoms with Crippen LogP contribution in [0.25, 0.3) is 0 Å². The van der Waals surface area contributed by atoms with Gasteiger partial charge in [0.15, 0.2) is 11.6 Å². The Labute approximate surface area is 169 Å². The topological polar surface area (TPSA) is 86.1 Å². The monoisotopic (exact) mass is 442 g/mol. The number of halogens is 2. The molecule has 1 spiro atoms. The van der Waals surface area contributed by atoms with Crippen molar-refractivity contribution in [3.63, 3.8) is 0 Å². The molecule has 0 saturated heterocycles. The van der Waals surface area contributed by atoms with E-state index in [1.807, 2.05) is 18.2 Å². The molecule has 4 rings (SSSR count). The van der Waals surface area contributed by atoms with Crippen LogP contribution in [0.3, 0.4) is 0 Å². The molecule has 0 atom stereocenters. The second kappa shape index (κ2) is 6.67.